The van der Waals surface area contributed by atoms with E-state index in [1.807, 2.05) is 25.1 Å². The highest BCUT2D eigenvalue weighted by atomic mass is 16.1. The Hall–Kier alpha value is -1.55. The lowest BCUT2D eigenvalue weighted by Gasteiger charge is -2.21. The Kier molecular flexibility index (Phi) is 4.65. The fourth-order valence-corrected chi connectivity index (χ4v) is 2.71. The average molecular weight is 275 g/mol. The minimum absolute atomic E-state index is 0.0356. The van der Waals surface area contributed by atoms with Gasteiger partial charge in [-0.2, -0.15) is 0 Å². The molecule has 1 heterocycles. The van der Waals surface area contributed by atoms with E-state index in [9.17, 15) is 4.79 Å². The van der Waals surface area contributed by atoms with Gasteiger partial charge in [-0.05, 0) is 51.0 Å². The maximum atomic E-state index is 11.6. The number of amides is 1. The number of carbonyl (C=O) groups is 1. The van der Waals surface area contributed by atoms with Gasteiger partial charge >= 0.3 is 0 Å². The van der Waals surface area contributed by atoms with Crippen LogP contribution in [-0.2, 0) is 0 Å². The number of likely N-dealkylation sites (tertiary alicyclic amines) is 1. The van der Waals surface area contributed by atoms with Crippen molar-refractivity contribution in [1.82, 2.24) is 10.2 Å². The van der Waals surface area contributed by atoms with Crippen LogP contribution in [0, 0.1) is 6.92 Å². The lowest BCUT2D eigenvalue weighted by molar-refractivity contribution is 0.0963. The second kappa shape index (κ2) is 6.27. The number of nitrogens with one attached hydrogen (secondary N) is 2. The highest BCUT2D eigenvalue weighted by molar-refractivity contribution is 5.94. The summed E-state index contributed by atoms with van der Waals surface area (Å²) in [7, 11) is 1.66. The number of nitrogens with zero attached hydrogens (tertiary/aromatic N) is 1. The van der Waals surface area contributed by atoms with Crippen LogP contribution in [0.25, 0.3) is 0 Å². The van der Waals surface area contributed by atoms with Crippen LogP contribution < -0.4 is 10.6 Å². The molecule has 2 N–H and O–H groups in total. The standard InChI is InChI=1S/C16H25N3O/c1-11(2)19-8-7-14(10-19)18-15-6-5-13(9-12(15)3)16(20)17-4/h5-6,9,11,14,18H,7-8,10H2,1-4H3,(H,17,20). The maximum Gasteiger partial charge on any atom is 0.251 e. The predicted molar refractivity (Wildman–Crippen MR) is 83.3 cm³/mol. The number of rotatable bonds is 4. The summed E-state index contributed by atoms with van der Waals surface area (Å²) in [5, 5.41) is 6.26. The van der Waals surface area contributed by atoms with E-state index < -0.39 is 0 Å². The van der Waals surface area contributed by atoms with Crippen molar-refractivity contribution in [3.63, 3.8) is 0 Å². The van der Waals surface area contributed by atoms with Crippen LogP contribution in [0.2, 0.25) is 0 Å². The molecule has 0 spiro atoms. The summed E-state index contributed by atoms with van der Waals surface area (Å²) < 4.78 is 0. The number of anilines is 1. The van der Waals surface area contributed by atoms with E-state index in [-0.39, 0.29) is 5.91 Å². The molecule has 0 aromatic heterocycles. The molecule has 1 fully saturated rings. The molecule has 0 saturated carbocycles. The van der Waals surface area contributed by atoms with Gasteiger partial charge < -0.3 is 10.6 Å². The maximum absolute atomic E-state index is 11.6. The molecule has 1 aromatic rings. The van der Waals surface area contributed by atoms with E-state index in [0.29, 0.717) is 17.6 Å². The molecular weight excluding hydrogens is 250 g/mol. The van der Waals surface area contributed by atoms with Crippen LogP contribution in [0.4, 0.5) is 5.69 Å². The van der Waals surface area contributed by atoms with Gasteiger partial charge in [-0.25, -0.2) is 0 Å². The van der Waals surface area contributed by atoms with E-state index in [0.717, 1.165) is 24.3 Å². The Morgan fingerprint density at radius 1 is 1.40 bits per heavy atom. The summed E-state index contributed by atoms with van der Waals surface area (Å²) in [5.74, 6) is -0.0356. The molecule has 1 saturated heterocycles. The van der Waals surface area contributed by atoms with Crippen LogP contribution in [0.1, 0.15) is 36.2 Å². The quantitative estimate of drug-likeness (QED) is 0.886. The highest BCUT2D eigenvalue weighted by Crippen LogP contribution is 2.21. The van der Waals surface area contributed by atoms with Crippen LogP contribution in [-0.4, -0.2) is 43.0 Å². The van der Waals surface area contributed by atoms with Gasteiger partial charge in [-0.3, -0.25) is 9.69 Å². The van der Waals surface area contributed by atoms with Gasteiger partial charge in [0.2, 0.25) is 0 Å². The summed E-state index contributed by atoms with van der Waals surface area (Å²) in [5.41, 5.74) is 2.97. The molecule has 1 aliphatic heterocycles. The zero-order chi connectivity index (χ0) is 14.7. The van der Waals surface area contributed by atoms with Crippen LogP contribution >= 0.6 is 0 Å². The van der Waals surface area contributed by atoms with Crippen molar-refractivity contribution < 1.29 is 4.79 Å². The first-order chi connectivity index (χ1) is 9.51. The molecule has 0 radical (unpaired) electrons. The molecule has 1 unspecified atom stereocenters. The second-order valence-corrected chi connectivity index (χ2v) is 5.83. The Morgan fingerprint density at radius 3 is 2.70 bits per heavy atom. The Morgan fingerprint density at radius 2 is 2.15 bits per heavy atom. The third-order valence-corrected chi connectivity index (χ3v) is 4.03. The zero-order valence-electron chi connectivity index (χ0n) is 12.9. The minimum Gasteiger partial charge on any atom is -0.381 e. The minimum atomic E-state index is -0.0356. The van der Waals surface area contributed by atoms with Crippen LogP contribution in [0.15, 0.2) is 18.2 Å². The van der Waals surface area contributed by atoms with Crippen molar-refractivity contribution >= 4 is 11.6 Å². The third kappa shape index (κ3) is 3.31. The molecule has 1 atom stereocenters. The molecule has 0 aliphatic carbocycles. The Labute approximate surface area is 121 Å². The number of hydrogen-bond acceptors (Lipinski definition) is 3. The van der Waals surface area contributed by atoms with Gasteiger partial charge in [0.1, 0.15) is 0 Å². The number of hydrogen-bond donors (Lipinski definition) is 2. The topological polar surface area (TPSA) is 44.4 Å². The second-order valence-electron chi connectivity index (χ2n) is 5.83. The van der Waals surface area contributed by atoms with E-state index in [1.165, 1.54) is 6.42 Å². The monoisotopic (exact) mass is 275 g/mol. The average Bonchev–Trinajstić information content (AvgIpc) is 2.89. The third-order valence-electron chi connectivity index (χ3n) is 4.03. The predicted octanol–water partition coefficient (Wildman–Crippen LogP) is 2.25. The van der Waals surface area contributed by atoms with Crippen molar-refractivity contribution in [2.75, 3.05) is 25.5 Å². The zero-order valence-corrected chi connectivity index (χ0v) is 12.9. The SMILES string of the molecule is CNC(=O)c1ccc(NC2CCN(C(C)C)C2)c(C)c1. The summed E-state index contributed by atoms with van der Waals surface area (Å²) in [6.45, 7) is 8.78. The summed E-state index contributed by atoms with van der Waals surface area (Å²) in [4.78, 5) is 14.1. The number of benzene rings is 1. The van der Waals surface area contributed by atoms with Gasteiger partial charge in [0.25, 0.3) is 5.91 Å². The highest BCUT2D eigenvalue weighted by Gasteiger charge is 2.24. The molecule has 110 valence electrons. The van der Waals surface area contributed by atoms with Crippen molar-refractivity contribution in [2.45, 2.75) is 39.3 Å². The molecule has 4 heteroatoms. The molecule has 1 amide bonds. The molecule has 0 bridgehead atoms. The molecule has 2 rings (SSSR count). The summed E-state index contributed by atoms with van der Waals surface area (Å²) >= 11 is 0. The van der Waals surface area contributed by atoms with Crippen molar-refractivity contribution in [3.8, 4) is 0 Å². The first-order valence-electron chi connectivity index (χ1n) is 7.34. The normalized spacial score (nSPS) is 19.4. The van der Waals surface area contributed by atoms with E-state index >= 15 is 0 Å². The van der Waals surface area contributed by atoms with Gasteiger partial charge in [0.15, 0.2) is 0 Å². The fraction of sp³-hybridized carbons (Fsp3) is 0.562. The Balaban J connectivity index is 2.02. The molecule has 1 aromatic carbocycles. The summed E-state index contributed by atoms with van der Waals surface area (Å²) in [6.07, 6.45) is 1.18. The van der Waals surface area contributed by atoms with Gasteiger partial charge in [-0.1, -0.05) is 0 Å². The molecule has 1 aliphatic rings. The fourth-order valence-electron chi connectivity index (χ4n) is 2.71. The van der Waals surface area contributed by atoms with Crippen LogP contribution in [0.5, 0.6) is 0 Å². The molecular formula is C16H25N3O. The number of aryl methyl sites for hydroxylation is 1. The molecule has 4 nitrogen and oxygen atoms in total. The van der Waals surface area contributed by atoms with Crippen LogP contribution in [0.3, 0.4) is 0 Å². The lowest BCUT2D eigenvalue weighted by atomic mass is 10.1. The largest absolute Gasteiger partial charge is 0.381 e. The van der Waals surface area contributed by atoms with E-state index in [1.54, 1.807) is 7.05 Å². The summed E-state index contributed by atoms with van der Waals surface area (Å²) in [6, 6.07) is 6.94. The van der Waals surface area contributed by atoms with Gasteiger partial charge in [0, 0.05) is 43.5 Å². The van der Waals surface area contributed by atoms with Crippen molar-refractivity contribution in [3.05, 3.63) is 29.3 Å². The van der Waals surface area contributed by atoms with E-state index in [2.05, 4.69) is 29.4 Å². The Bertz CT molecular complexity index is 485. The molecule has 20 heavy (non-hydrogen) atoms. The van der Waals surface area contributed by atoms with Gasteiger partial charge in [-0.15, -0.1) is 0 Å². The smallest absolute Gasteiger partial charge is 0.251 e. The van der Waals surface area contributed by atoms with Crippen molar-refractivity contribution in [2.24, 2.45) is 0 Å². The number of carbonyl (C=O) groups excluding carboxylic acids is 1. The lowest BCUT2D eigenvalue weighted by Crippen LogP contribution is -2.31. The van der Waals surface area contributed by atoms with Crippen molar-refractivity contribution in [1.29, 1.82) is 0 Å². The first-order valence-corrected chi connectivity index (χ1v) is 7.34. The van der Waals surface area contributed by atoms with Gasteiger partial charge in [0.05, 0.1) is 0 Å². The first kappa shape index (κ1) is 14.9. The van der Waals surface area contributed by atoms with E-state index in [4.69, 9.17) is 0 Å².